The third-order valence-electron chi connectivity index (χ3n) is 9.01. The number of allylic oxidation sites excluding steroid dienone is 4. The first-order valence-electron chi connectivity index (χ1n) is 12.0. The van der Waals surface area contributed by atoms with Gasteiger partial charge in [-0.1, -0.05) is 37.3 Å². The molecular formula is C27H34FNO3. The Bertz CT molecular complexity index is 1000. The molecule has 4 aliphatic rings. The van der Waals surface area contributed by atoms with Crippen LogP contribution in [0.5, 0.6) is 0 Å². The average molecular weight is 440 g/mol. The normalized spacial score (nSPS) is 43.7. The lowest BCUT2D eigenvalue weighted by atomic mass is 9.58. The fourth-order valence-electron chi connectivity index (χ4n) is 7.03. The van der Waals surface area contributed by atoms with Gasteiger partial charge in [-0.05, 0) is 74.1 Å². The molecule has 1 heterocycles. The maximum Gasteiger partial charge on any atom is 0.145 e. The lowest BCUT2D eigenvalue weighted by molar-refractivity contribution is -0.0968. The van der Waals surface area contributed by atoms with Gasteiger partial charge in [0.05, 0.1) is 11.7 Å². The SMILES string of the molecule is Cc1ncccc1/C=C/C1=CCC2C1(C)CC=C1C(O)C3(F)CC(O)CCC3CC[C@@]12O. The first-order chi connectivity index (χ1) is 15.2. The highest BCUT2D eigenvalue weighted by Gasteiger charge is 2.62. The number of rotatable bonds is 2. The average Bonchev–Trinajstić information content (AvgIpc) is 3.06. The molecule has 4 nitrogen and oxygen atoms in total. The summed E-state index contributed by atoms with van der Waals surface area (Å²) >= 11 is 0. The van der Waals surface area contributed by atoms with E-state index >= 15 is 4.39 Å². The second-order valence-corrected chi connectivity index (χ2v) is 10.7. The van der Waals surface area contributed by atoms with E-state index < -0.39 is 23.5 Å². The number of aromatic nitrogens is 1. The van der Waals surface area contributed by atoms with Crippen molar-refractivity contribution in [1.29, 1.82) is 0 Å². The summed E-state index contributed by atoms with van der Waals surface area (Å²) in [6, 6.07) is 3.97. The number of hydrogen-bond acceptors (Lipinski definition) is 4. The lowest BCUT2D eigenvalue weighted by Gasteiger charge is -2.50. The van der Waals surface area contributed by atoms with E-state index in [2.05, 4.69) is 30.1 Å². The van der Waals surface area contributed by atoms with Gasteiger partial charge in [0, 0.05) is 29.6 Å². The van der Waals surface area contributed by atoms with Crippen LogP contribution in [0.2, 0.25) is 0 Å². The predicted octanol–water partition coefficient (Wildman–Crippen LogP) is 4.44. The summed E-state index contributed by atoms with van der Waals surface area (Å²) in [4.78, 5) is 4.35. The topological polar surface area (TPSA) is 73.6 Å². The molecule has 0 saturated heterocycles. The molecule has 2 saturated carbocycles. The van der Waals surface area contributed by atoms with Gasteiger partial charge in [0.2, 0.25) is 0 Å². The van der Waals surface area contributed by atoms with Crippen molar-refractivity contribution in [2.45, 2.75) is 82.3 Å². The molecule has 7 atom stereocenters. The summed E-state index contributed by atoms with van der Waals surface area (Å²) in [6.07, 6.45) is 11.4. The smallest absolute Gasteiger partial charge is 0.145 e. The molecule has 1 aromatic rings. The first kappa shape index (κ1) is 22.0. The van der Waals surface area contributed by atoms with E-state index in [0.29, 0.717) is 44.1 Å². The minimum absolute atomic E-state index is 0.0507. The summed E-state index contributed by atoms with van der Waals surface area (Å²) in [6.45, 7) is 4.17. The number of halogens is 1. The van der Waals surface area contributed by atoms with Crippen LogP contribution in [0.4, 0.5) is 4.39 Å². The number of nitrogens with zero attached hydrogens (tertiary/aromatic N) is 1. The number of aliphatic hydroxyl groups is 3. The Hall–Kier alpha value is -1.82. The van der Waals surface area contributed by atoms with E-state index in [4.69, 9.17) is 0 Å². The lowest BCUT2D eigenvalue weighted by Crippen LogP contribution is -2.55. The monoisotopic (exact) mass is 439 g/mol. The van der Waals surface area contributed by atoms with Gasteiger partial charge in [-0.3, -0.25) is 4.98 Å². The number of fused-ring (bicyclic) bond motifs is 4. The molecule has 1 aromatic heterocycles. The molecule has 0 aromatic carbocycles. The van der Waals surface area contributed by atoms with Crippen molar-refractivity contribution in [2.75, 3.05) is 0 Å². The molecule has 5 rings (SSSR count). The van der Waals surface area contributed by atoms with Crippen molar-refractivity contribution in [2.24, 2.45) is 17.3 Å². The molecule has 0 bridgehead atoms. The third kappa shape index (κ3) is 3.16. The summed E-state index contributed by atoms with van der Waals surface area (Å²) in [5.41, 5.74) is 0.287. The predicted molar refractivity (Wildman–Crippen MR) is 122 cm³/mol. The second-order valence-electron chi connectivity index (χ2n) is 10.7. The van der Waals surface area contributed by atoms with Crippen LogP contribution < -0.4 is 0 Å². The van der Waals surface area contributed by atoms with Crippen LogP contribution in [0.15, 0.2) is 47.7 Å². The molecule has 172 valence electrons. The Morgan fingerprint density at radius 2 is 1.97 bits per heavy atom. The molecule has 32 heavy (non-hydrogen) atoms. The van der Waals surface area contributed by atoms with E-state index in [-0.39, 0.29) is 23.7 Å². The summed E-state index contributed by atoms with van der Waals surface area (Å²) < 4.78 is 16.1. The van der Waals surface area contributed by atoms with Crippen molar-refractivity contribution < 1.29 is 19.7 Å². The first-order valence-corrected chi connectivity index (χ1v) is 12.0. The number of pyridine rings is 1. The molecule has 0 radical (unpaired) electrons. The van der Waals surface area contributed by atoms with Gasteiger partial charge >= 0.3 is 0 Å². The Balaban J connectivity index is 1.47. The Labute approximate surface area is 189 Å². The van der Waals surface area contributed by atoms with E-state index in [1.165, 1.54) is 5.57 Å². The van der Waals surface area contributed by atoms with E-state index in [0.717, 1.165) is 11.3 Å². The fraction of sp³-hybridized carbons (Fsp3) is 0.593. The van der Waals surface area contributed by atoms with Crippen LogP contribution in [-0.4, -0.2) is 43.8 Å². The number of aryl methyl sites for hydroxylation is 1. The zero-order valence-corrected chi connectivity index (χ0v) is 19.0. The number of alkyl halides is 1. The van der Waals surface area contributed by atoms with E-state index in [9.17, 15) is 15.3 Å². The van der Waals surface area contributed by atoms with Crippen LogP contribution in [0, 0.1) is 24.2 Å². The standard InChI is InChI=1S/C27H34FNO3/c1-17-18(4-3-15-29-17)5-6-19-8-10-23-25(19,2)13-12-22-24(31)26(28)16-21(30)9-7-20(26)11-14-27(22,23)32/h3-6,8,12,15,20-21,23-24,30-32H,7,9-11,13-14,16H2,1-2H3/b6-5+/t20?,21?,23?,24?,25?,26?,27-/m1/s1. The van der Waals surface area contributed by atoms with Crippen LogP contribution in [0.1, 0.15) is 63.1 Å². The number of hydrogen-bond donors (Lipinski definition) is 3. The summed E-state index contributed by atoms with van der Waals surface area (Å²) in [7, 11) is 0. The Morgan fingerprint density at radius 1 is 1.16 bits per heavy atom. The van der Waals surface area contributed by atoms with Crippen molar-refractivity contribution in [1.82, 2.24) is 4.98 Å². The van der Waals surface area contributed by atoms with Crippen LogP contribution >= 0.6 is 0 Å². The zero-order chi connectivity index (χ0) is 22.7. The molecule has 0 aliphatic heterocycles. The second kappa shape index (κ2) is 7.61. The van der Waals surface area contributed by atoms with Crippen LogP contribution in [0.25, 0.3) is 6.08 Å². The van der Waals surface area contributed by atoms with Gasteiger partial charge in [0.25, 0.3) is 0 Å². The highest BCUT2D eigenvalue weighted by molar-refractivity contribution is 5.57. The maximum atomic E-state index is 16.1. The van der Waals surface area contributed by atoms with E-state index in [1.807, 2.05) is 25.1 Å². The molecular weight excluding hydrogens is 405 g/mol. The van der Waals surface area contributed by atoms with Gasteiger partial charge in [0.1, 0.15) is 11.8 Å². The van der Waals surface area contributed by atoms with Gasteiger partial charge in [-0.25, -0.2) is 4.39 Å². The zero-order valence-electron chi connectivity index (χ0n) is 19.0. The van der Waals surface area contributed by atoms with Gasteiger partial charge in [-0.15, -0.1) is 0 Å². The summed E-state index contributed by atoms with van der Waals surface area (Å²) in [5, 5.41) is 33.4. The fourth-order valence-corrected chi connectivity index (χ4v) is 7.03. The summed E-state index contributed by atoms with van der Waals surface area (Å²) in [5.74, 6) is -0.432. The highest BCUT2D eigenvalue weighted by Crippen LogP contribution is 2.61. The molecule has 5 heteroatoms. The molecule has 2 fully saturated rings. The molecule has 4 aliphatic carbocycles. The quantitative estimate of drug-likeness (QED) is 0.596. The number of aliphatic hydroxyl groups excluding tert-OH is 2. The molecule has 3 N–H and O–H groups in total. The Kier molecular flexibility index (Phi) is 5.23. The van der Waals surface area contributed by atoms with Gasteiger partial charge < -0.3 is 15.3 Å². The highest BCUT2D eigenvalue weighted by atomic mass is 19.1. The van der Waals surface area contributed by atoms with Crippen molar-refractivity contribution in [3.05, 3.63) is 59.0 Å². The van der Waals surface area contributed by atoms with Crippen molar-refractivity contribution >= 4 is 6.08 Å². The van der Waals surface area contributed by atoms with Crippen molar-refractivity contribution in [3.63, 3.8) is 0 Å². The molecule has 6 unspecified atom stereocenters. The largest absolute Gasteiger partial charge is 0.393 e. The Morgan fingerprint density at radius 3 is 2.75 bits per heavy atom. The van der Waals surface area contributed by atoms with Crippen molar-refractivity contribution in [3.8, 4) is 0 Å². The van der Waals surface area contributed by atoms with Crippen LogP contribution in [-0.2, 0) is 0 Å². The van der Waals surface area contributed by atoms with Gasteiger partial charge in [0.15, 0.2) is 0 Å². The maximum absolute atomic E-state index is 16.1. The van der Waals surface area contributed by atoms with Crippen LogP contribution in [0.3, 0.4) is 0 Å². The molecule has 0 amide bonds. The minimum atomic E-state index is -1.87. The molecule has 0 spiro atoms. The third-order valence-corrected chi connectivity index (χ3v) is 9.01. The minimum Gasteiger partial charge on any atom is -0.393 e. The van der Waals surface area contributed by atoms with E-state index in [1.54, 1.807) is 6.20 Å². The van der Waals surface area contributed by atoms with Gasteiger partial charge in [-0.2, -0.15) is 0 Å².